The van der Waals surface area contributed by atoms with Gasteiger partial charge in [-0.25, -0.2) is 4.79 Å². The van der Waals surface area contributed by atoms with Gasteiger partial charge >= 0.3 is 11.8 Å². The second-order valence-electron chi connectivity index (χ2n) is 7.74. The van der Waals surface area contributed by atoms with Crippen molar-refractivity contribution >= 4 is 23.4 Å². The van der Waals surface area contributed by atoms with Gasteiger partial charge in [-0.05, 0) is 48.7 Å². The van der Waals surface area contributed by atoms with Crippen LogP contribution in [0.1, 0.15) is 32.6 Å². The minimum Gasteiger partial charge on any atom is -0.494 e. The highest BCUT2D eigenvalue weighted by molar-refractivity contribution is 6.31. The molecule has 3 amide bonds. The van der Waals surface area contributed by atoms with E-state index in [4.69, 9.17) is 4.74 Å². The minimum atomic E-state index is -0.733. The second kappa shape index (κ2) is 8.81. The summed E-state index contributed by atoms with van der Waals surface area (Å²) in [6.45, 7) is 4.70. The summed E-state index contributed by atoms with van der Waals surface area (Å²) < 4.78 is 6.55. The lowest BCUT2D eigenvalue weighted by Gasteiger charge is -2.27. The molecule has 0 aromatic heterocycles. The first-order valence-corrected chi connectivity index (χ1v) is 10.7. The van der Waals surface area contributed by atoms with Gasteiger partial charge < -0.3 is 14.5 Å². The standard InChI is InChI=1S/C21H28N5O4/c1-2-30-17-9-7-16(8-10-17)24-13-14-25-19(28)20(29)26(22-21(24)25)15-18(27)23-11-5-3-4-6-12-23/h7-10,21H,2-6,11-15H2,1H3/q+1. The number of ether oxygens (including phenoxy) is 1. The number of anilines is 1. The second-order valence-corrected chi connectivity index (χ2v) is 7.74. The van der Waals surface area contributed by atoms with Crippen LogP contribution in [0.5, 0.6) is 5.75 Å². The van der Waals surface area contributed by atoms with Gasteiger partial charge in [0.05, 0.1) is 6.61 Å². The molecule has 160 valence electrons. The number of carbonyl (C=O) groups is 3. The van der Waals surface area contributed by atoms with Crippen LogP contribution < -0.4 is 9.64 Å². The number of carbonyl (C=O) groups excluding carboxylic acids is 3. The summed E-state index contributed by atoms with van der Waals surface area (Å²) in [6.07, 6.45) is 3.55. The largest absolute Gasteiger partial charge is 0.502 e. The molecule has 0 saturated carbocycles. The molecule has 1 atom stereocenters. The Morgan fingerprint density at radius 2 is 1.70 bits per heavy atom. The Hall–Kier alpha value is -2.97. The fourth-order valence-corrected chi connectivity index (χ4v) is 4.18. The molecule has 3 aliphatic rings. The third kappa shape index (κ3) is 4.01. The van der Waals surface area contributed by atoms with Crippen LogP contribution >= 0.6 is 0 Å². The summed E-state index contributed by atoms with van der Waals surface area (Å²) in [7, 11) is 0. The first-order valence-electron chi connectivity index (χ1n) is 10.7. The van der Waals surface area contributed by atoms with Gasteiger partial charge in [0.25, 0.3) is 18.7 Å². The van der Waals surface area contributed by atoms with Crippen molar-refractivity contribution in [2.45, 2.75) is 38.9 Å². The Morgan fingerprint density at radius 3 is 2.37 bits per heavy atom. The summed E-state index contributed by atoms with van der Waals surface area (Å²) in [6, 6.07) is 7.57. The lowest BCUT2D eigenvalue weighted by Crippen LogP contribution is -2.53. The van der Waals surface area contributed by atoms with Crippen LogP contribution in [0.2, 0.25) is 0 Å². The third-order valence-electron chi connectivity index (χ3n) is 5.78. The van der Waals surface area contributed by atoms with E-state index >= 15 is 0 Å². The number of hydrogen-bond donors (Lipinski definition) is 0. The Bertz CT molecular complexity index is 845. The molecule has 0 bridgehead atoms. The van der Waals surface area contributed by atoms with E-state index in [2.05, 4.69) is 5.11 Å². The Morgan fingerprint density at radius 1 is 1.03 bits per heavy atom. The van der Waals surface area contributed by atoms with Crippen LogP contribution in [0.4, 0.5) is 5.69 Å². The molecule has 1 aromatic carbocycles. The van der Waals surface area contributed by atoms with Crippen molar-refractivity contribution in [1.82, 2.24) is 9.80 Å². The zero-order valence-electron chi connectivity index (χ0n) is 17.3. The molecular weight excluding hydrogens is 386 g/mol. The van der Waals surface area contributed by atoms with Crippen LogP contribution in [0.3, 0.4) is 0 Å². The predicted molar refractivity (Wildman–Crippen MR) is 108 cm³/mol. The third-order valence-corrected chi connectivity index (χ3v) is 5.78. The molecule has 0 spiro atoms. The van der Waals surface area contributed by atoms with Crippen LogP contribution in [-0.4, -0.2) is 77.8 Å². The van der Waals surface area contributed by atoms with Crippen molar-refractivity contribution in [3.63, 3.8) is 0 Å². The van der Waals surface area contributed by atoms with E-state index in [0.717, 1.165) is 41.8 Å². The number of likely N-dealkylation sites (tertiary alicyclic amines) is 1. The van der Waals surface area contributed by atoms with Crippen LogP contribution in [0.15, 0.2) is 29.4 Å². The van der Waals surface area contributed by atoms with Gasteiger partial charge in [-0.2, -0.15) is 0 Å². The number of fused-ring (bicyclic) bond motifs is 1. The molecule has 1 aromatic rings. The van der Waals surface area contributed by atoms with Gasteiger partial charge in [0.2, 0.25) is 0 Å². The average molecular weight is 414 g/mol. The number of rotatable bonds is 5. The molecule has 9 nitrogen and oxygen atoms in total. The number of azo groups is 2. The Labute approximate surface area is 175 Å². The molecule has 4 rings (SSSR count). The normalized spacial score (nSPS) is 22.0. The highest BCUT2D eigenvalue weighted by atomic mass is 16.5. The van der Waals surface area contributed by atoms with E-state index in [1.165, 1.54) is 4.90 Å². The smallest absolute Gasteiger partial charge is 0.494 e. The molecule has 0 N–H and O–H groups in total. The molecule has 2 fully saturated rings. The van der Waals surface area contributed by atoms with E-state index in [1.54, 1.807) is 4.90 Å². The number of nitrogens with zero attached hydrogens (tertiary/aromatic N) is 5. The number of amides is 3. The van der Waals surface area contributed by atoms with Crippen molar-refractivity contribution in [3.8, 4) is 5.75 Å². The SMILES string of the molecule is CCOc1ccc(N2CCN3C(=O)C(=O)[N+](CC(=O)N4CCCCCC4)=NC32)cc1. The topological polar surface area (TPSA) is 85.5 Å². The Balaban J connectivity index is 1.53. The van der Waals surface area contributed by atoms with E-state index < -0.39 is 18.1 Å². The summed E-state index contributed by atoms with van der Waals surface area (Å²) in [5, 5.41) is 4.49. The van der Waals surface area contributed by atoms with Crippen molar-refractivity contribution in [1.29, 1.82) is 0 Å². The highest BCUT2D eigenvalue weighted by Gasteiger charge is 2.50. The zero-order valence-corrected chi connectivity index (χ0v) is 17.3. The molecule has 3 heterocycles. The summed E-state index contributed by atoms with van der Waals surface area (Å²) in [5.41, 5.74) is 0.885. The van der Waals surface area contributed by atoms with Crippen LogP contribution in [0.25, 0.3) is 0 Å². The van der Waals surface area contributed by atoms with E-state index in [1.807, 2.05) is 36.1 Å². The molecule has 1 unspecified atom stereocenters. The number of benzene rings is 1. The van der Waals surface area contributed by atoms with Gasteiger partial charge in [0.1, 0.15) is 5.75 Å². The quantitative estimate of drug-likeness (QED) is 0.537. The summed E-state index contributed by atoms with van der Waals surface area (Å²) in [5.74, 6) is -0.718. The molecular formula is C21H28N5O4+. The lowest BCUT2D eigenvalue weighted by atomic mass is 10.2. The van der Waals surface area contributed by atoms with Gasteiger partial charge in [-0.1, -0.05) is 12.8 Å². The van der Waals surface area contributed by atoms with E-state index in [9.17, 15) is 14.4 Å². The zero-order chi connectivity index (χ0) is 21.1. The molecule has 0 aliphatic carbocycles. The molecule has 9 heteroatoms. The van der Waals surface area contributed by atoms with Crippen molar-refractivity contribution in [3.05, 3.63) is 24.3 Å². The minimum absolute atomic E-state index is 0.152. The van der Waals surface area contributed by atoms with E-state index in [0.29, 0.717) is 32.8 Å². The van der Waals surface area contributed by atoms with Gasteiger partial charge in [-0.3, -0.25) is 14.5 Å². The lowest BCUT2D eigenvalue weighted by molar-refractivity contribution is -0.510. The maximum atomic E-state index is 12.7. The summed E-state index contributed by atoms with van der Waals surface area (Å²) in [4.78, 5) is 43.1. The predicted octanol–water partition coefficient (Wildman–Crippen LogP) is 1.42. The first-order chi connectivity index (χ1) is 14.6. The van der Waals surface area contributed by atoms with Crippen LogP contribution in [0, 0.1) is 0 Å². The first kappa shape index (κ1) is 20.3. The highest BCUT2D eigenvalue weighted by Crippen LogP contribution is 2.28. The maximum Gasteiger partial charge on any atom is 0.502 e. The molecule has 0 radical (unpaired) electrons. The van der Waals surface area contributed by atoms with Crippen molar-refractivity contribution in [2.24, 2.45) is 5.11 Å². The number of hydrogen-bond acceptors (Lipinski definition) is 6. The Kier molecular flexibility index (Phi) is 5.96. The molecule has 2 saturated heterocycles. The maximum absolute atomic E-state index is 12.7. The monoisotopic (exact) mass is 414 g/mol. The molecule has 3 aliphatic heterocycles. The fourth-order valence-electron chi connectivity index (χ4n) is 4.18. The van der Waals surface area contributed by atoms with Crippen molar-refractivity contribution in [2.75, 3.05) is 44.2 Å². The van der Waals surface area contributed by atoms with Crippen molar-refractivity contribution < 1.29 is 23.8 Å². The average Bonchev–Trinajstić information content (AvgIpc) is 2.97. The van der Waals surface area contributed by atoms with Crippen LogP contribution in [-0.2, 0) is 14.4 Å². The van der Waals surface area contributed by atoms with Gasteiger partial charge in [-0.15, -0.1) is 0 Å². The van der Waals surface area contributed by atoms with E-state index in [-0.39, 0.29) is 12.5 Å². The summed E-state index contributed by atoms with van der Waals surface area (Å²) >= 11 is 0. The van der Waals surface area contributed by atoms with Gasteiger partial charge in [0.15, 0.2) is 0 Å². The fraction of sp³-hybridized carbons (Fsp3) is 0.571. The molecule has 30 heavy (non-hydrogen) atoms. The van der Waals surface area contributed by atoms with Gasteiger partial charge in [0, 0.05) is 37.0 Å².